The third-order valence-electron chi connectivity index (χ3n) is 6.23. The Morgan fingerprint density at radius 1 is 1.26 bits per heavy atom. The summed E-state index contributed by atoms with van der Waals surface area (Å²) in [4.78, 5) is 18.7. The van der Waals surface area contributed by atoms with Crippen LogP contribution in [0.25, 0.3) is 10.6 Å². The van der Waals surface area contributed by atoms with Crippen LogP contribution in [0.15, 0.2) is 23.3 Å². The Morgan fingerprint density at radius 3 is 2.56 bits per heavy atom. The van der Waals surface area contributed by atoms with E-state index >= 15 is 0 Å². The van der Waals surface area contributed by atoms with Gasteiger partial charge in [0.1, 0.15) is 21.6 Å². The molecule has 8 nitrogen and oxygen atoms in total. The fraction of sp³-hybridized carbons (Fsp3) is 0.476. The van der Waals surface area contributed by atoms with E-state index in [1.54, 1.807) is 14.0 Å². The number of nitrogen functional groups attached to an aromatic ring is 1. The van der Waals surface area contributed by atoms with E-state index in [4.69, 9.17) is 11.5 Å². The largest absolute Gasteiger partial charge is 0.389 e. The molecule has 1 fully saturated rings. The van der Waals surface area contributed by atoms with Gasteiger partial charge in [0.25, 0.3) is 11.8 Å². The molecule has 0 spiro atoms. The van der Waals surface area contributed by atoms with Crippen molar-refractivity contribution in [1.29, 1.82) is 0 Å². The first-order valence-corrected chi connectivity index (χ1v) is 11.4. The number of benzene rings is 1. The van der Waals surface area contributed by atoms with Crippen molar-refractivity contribution in [3.63, 3.8) is 0 Å². The smallest absolute Gasteiger partial charge is 0.275 e. The second kappa shape index (κ2) is 8.78. The number of rotatable bonds is 4. The Labute approximate surface area is 197 Å². The number of nitrogens with zero attached hydrogens (tertiary/aromatic N) is 4. The molecule has 184 valence electrons. The molecular weight excluding hydrogens is 474 g/mol. The van der Waals surface area contributed by atoms with E-state index in [1.807, 2.05) is 0 Å². The molecule has 1 aromatic heterocycles. The molecule has 34 heavy (non-hydrogen) atoms. The number of aromatic nitrogens is 1. The number of likely N-dealkylation sites (N-methyl/N-ethyl adjacent to an activating group) is 1. The van der Waals surface area contributed by atoms with Gasteiger partial charge in [0.05, 0.1) is 30.9 Å². The van der Waals surface area contributed by atoms with Gasteiger partial charge < -0.3 is 16.8 Å². The molecule has 0 bridgehead atoms. The Morgan fingerprint density at radius 2 is 1.94 bits per heavy atom. The minimum Gasteiger partial charge on any atom is -0.389 e. The van der Waals surface area contributed by atoms with Gasteiger partial charge in [-0.1, -0.05) is 24.3 Å². The fourth-order valence-corrected chi connectivity index (χ4v) is 5.13. The monoisotopic (exact) mass is 499 g/mol. The van der Waals surface area contributed by atoms with Crippen molar-refractivity contribution in [2.24, 2.45) is 16.8 Å². The van der Waals surface area contributed by atoms with Crippen LogP contribution >= 0.6 is 11.3 Å². The lowest BCUT2D eigenvalue weighted by molar-refractivity contribution is -0.0675. The molecule has 0 radical (unpaired) electrons. The van der Waals surface area contributed by atoms with Crippen LogP contribution in [0.3, 0.4) is 0 Å². The van der Waals surface area contributed by atoms with Gasteiger partial charge in [-0.15, -0.1) is 0 Å². The summed E-state index contributed by atoms with van der Waals surface area (Å²) < 4.78 is 58.1. The standard InChI is InChI=1S/C21H25F4N7OS/c1-11-6-7-32(10-21(24,25)16(11)26)20(8-28-31(2)9-20)30-18(33)15-17(27)34-19(29-15)14-12(22)4-3-5-13(14)23/h3-5,8,11,16H,6-7,9-10,26-27H2,1-2H3,(H,30,33). The highest BCUT2D eigenvalue weighted by molar-refractivity contribution is 7.19. The number of hydrogen-bond acceptors (Lipinski definition) is 8. The first-order valence-electron chi connectivity index (χ1n) is 10.6. The van der Waals surface area contributed by atoms with E-state index in [-0.39, 0.29) is 28.8 Å². The lowest BCUT2D eigenvalue weighted by atomic mass is 9.95. The summed E-state index contributed by atoms with van der Waals surface area (Å²) in [7, 11) is 1.64. The van der Waals surface area contributed by atoms with Crippen molar-refractivity contribution in [3.8, 4) is 10.6 Å². The van der Waals surface area contributed by atoms with Gasteiger partial charge in [-0.2, -0.15) is 5.10 Å². The highest BCUT2D eigenvalue weighted by Crippen LogP contribution is 2.35. The Balaban J connectivity index is 1.65. The molecule has 1 aromatic carbocycles. The number of nitrogens with two attached hydrogens (primary N) is 2. The van der Waals surface area contributed by atoms with Crippen molar-refractivity contribution in [3.05, 3.63) is 35.5 Å². The minimum absolute atomic E-state index is 0.0644. The maximum Gasteiger partial charge on any atom is 0.275 e. The van der Waals surface area contributed by atoms with Gasteiger partial charge in [0.2, 0.25) is 0 Å². The van der Waals surface area contributed by atoms with Crippen LogP contribution in [0.2, 0.25) is 0 Å². The van der Waals surface area contributed by atoms with E-state index in [1.165, 1.54) is 22.2 Å². The van der Waals surface area contributed by atoms with Gasteiger partial charge in [-0.05, 0) is 24.5 Å². The predicted molar refractivity (Wildman–Crippen MR) is 121 cm³/mol. The molecule has 13 heteroatoms. The number of amides is 1. The van der Waals surface area contributed by atoms with Crippen LogP contribution in [-0.2, 0) is 0 Å². The lowest BCUT2D eigenvalue weighted by Crippen LogP contribution is -2.66. The van der Waals surface area contributed by atoms with E-state index in [0.717, 1.165) is 23.5 Å². The molecule has 2 aromatic rings. The molecule has 2 aliphatic heterocycles. The summed E-state index contributed by atoms with van der Waals surface area (Å²) in [6, 6.07) is 2.03. The number of hydrazone groups is 1. The second-order valence-corrected chi connectivity index (χ2v) is 9.77. The van der Waals surface area contributed by atoms with Crippen LogP contribution < -0.4 is 16.8 Å². The van der Waals surface area contributed by atoms with Crippen molar-refractivity contribution in [2.75, 3.05) is 32.4 Å². The quantitative estimate of drug-likeness (QED) is 0.557. The summed E-state index contributed by atoms with van der Waals surface area (Å²) in [5.74, 6) is -6.10. The van der Waals surface area contributed by atoms with E-state index < -0.39 is 53.2 Å². The molecule has 3 unspecified atom stereocenters. The van der Waals surface area contributed by atoms with E-state index in [0.29, 0.717) is 6.42 Å². The van der Waals surface area contributed by atoms with Gasteiger partial charge in [0.15, 0.2) is 11.4 Å². The number of carbonyl (C=O) groups is 1. The van der Waals surface area contributed by atoms with Crippen LogP contribution in [0.5, 0.6) is 0 Å². The number of alkyl halides is 2. The van der Waals surface area contributed by atoms with Gasteiger partial charge in [-0.25, -0.2) is 22.5 Å². The third kappa shape index (κ3) is 4.34. The van der Waals surface area contributed by atoms with E-state index in [9.17, 15) is 22.4 Å². The molecule has 3 heterocycles. The third-order valence-corrected chi connectivity index (χ3v) is 7.14. The zero-order chi connectivity index (χ0) is 24.8. The summed E-state index contributed by atoms with van der Waals surface area (Å²) >= 11 is 0.752. The average molecular weight is 500 g/mol. The zero-order valence-electron chi connectivity index (χ0n) is 18.6. The van der Waals surface area contributed by atoms with Crippen LogP contribution in [-0.4, -0.2) is 71.3 Å². The fourth-order valence-electron chi connectivity index (χ4n) is 4.25. The highest BCUT2D eigenvalue weighted by atomic mass is 32.1. The molecule has 4 rings (SSSR count). The summed E-state index contributed by atoms with van der Waals surface area (Å²) in [6.45, 7) is 1.32. The van der Waals surface area contributed by atoms with Crippen LogP contribution in [0.1, 0.15) is 23.8 Å². The van der Waals surface area contributed by atoms with Gasteiger partial charge in [0, 0.05) is 13.6 Å². The number of thiazole rings is 1. The Kier molecular flexibility index (Phi) is 6.29. The molecule has 1 saturated heterocycles. The number of nitrogens with one attached hydrogen (secondary N) is 1. The first kappa shape index (κ1) is 24.4. The lowest BCUT2D eigenvalue weighted by Gasteiger charge is -2.40. The average Bonchev–Trinajstić information content (AvgIpc) is 3.30. The number of halogens is 4. The second-order valence-electron chi connectivity index (χ2n) is 8.74. The number of likely N-dealkylation sites (tertiary alicyclic amines) is 1. The molecule has 1 amide bonds. The summed E-state index contributed by atoms with van der Waals surface area (Å²) in [6.07, 6.45) is 1.78. The van der Waals surface area contributed by atoms with Gasteiger partial charge >= 0.3 is 0 Å². The van der Waals surface area contributed by atoms with Crippen molar-refractivity contribution in [1.82, 2.24) is 20.2 Å². The molecule has 2 aliphatic rings. The predicted octanol–water partition coefficient (Wildman–Crippen LogP) is 2.33. The van der Waals surface area contributed by atoms with Crippen molar-refractivity contribution < 1.29 is 22.4 Å². The first-order chi connectivity index (χ1) is 15.9. The number of anilines is 1. The van der Waals surface area contributed by atoms with Crippen molar-refractivity contribution in [2.45, 2.75) is 31.0 Å². The normalized spacial score (nSPS) is 27.1. The Bertz CT molecular complexity index is 1110. The molecule has 3 atom stereocenters. The van der Waals surface area contributed by atoms with Gasteiger partial charge in [-0.3, -0.25) is 14.7 Å². The molecule has 5 N–H and O–H groups in total. The Hall–Kier alpha value is -2.77. The summed E-state index contributed by atoms with van der Waals surface area (Å²) in [5.41, 5.74) is 9.72. The van der Waals surface area contributed by atoms with Crippen molar-refractivity contribution >= 4 is 28.5 Å². The maximum absolute atomic E-state index is 14.8. The van der Waals surface area contributed by atoms with E-state index in [2.05, 4.69) is 15.4 Å². The SMILES string of the molecule is CC1CCN(C2(NC(=O)c3nc(-c4c(F)cccc4F)sc3N)C=NN(C)C2)CC(F)(F)C1N. The van der Waals surface area contributed by atoms with Crippen LogP contribution in [0.4, 0.5) is 22.6 Å². The highest BCUT2D eigenvalue weighted by Gasteiger charge is 2.51. The summed E-state index contributed by atoms with van der Waals surface area (Å²) in [5, 5.41) is 8.23. The number of hydrogen-bond donors (Lipinski definition) is 3. The minimum atomic E-state index is -3.20. The molecule has 0 saturated carbocycles. The number of carbonyl (C=O) groups excluding carboxylic acids is 1. The zero-order valence-corrected chi connectivity index (χ0v) is 19.4. The molecular formula is C21H25F4N7OS. The maximum atomic E-state index is 14.8. The molecule has 0 aliphatic carbocycles. The van der Waals surface area contributed by atoms with Crippen LogP contribution in [0, 0.1) is 17.6 Å². The topological polar surface area (TPSA) is 113 Å².